The predicted molar refractivity (Wildman–Crippen MR) is 139 cm³/mol. The van der Waals surface area contributed by atoms with Gasteiger partial charge in [-0.15, -0.1) is 0 Å². The summed E-state index contributed by atoms with van der Waals surface area (Å²) < 4.78 is 19.6. The Bertz CT molecular complexity index is 1260. The van der Waals surface area contributed by atoms with Crippen molar-refractivity contribution in [3.05, 3.63) is 95.6 Å². The van der Waals surface area contributed by atoms with Crippen molar-refractivity contribution in [1.82, 2.24) is 0 Å². The number of halogens is 3. The summed E-state index contributed by atoms with van der Waals surface area (Å²) in [5.74, 6) is 0.978. The van der Waals surface area contributed by atoms with Crippen molar-refractivity contribution < 1.29 is 19.0 Å². The van der Waals surface area contributed by atoms with Crippen molar-refractivity contribution in [2.75, 3.05) is 7.11 Å². The van der Waals surface area contributed by atoms with Gasteiger partial charge in [-0.05, 0) is 92.1 Å². The van der Waals surface area contributed by atoms with Crippen LogP contribution >= 0.6 is 54.5 Å². The molecule has 1 aliphatic rings. The van der Waals surface area contributed by atoms with E-state index in [4.69, 9.17) is 14.2 Å². The van der Waals surface area contributed by atoms with E-state index in [2.05, 4.69) is 59.4 Å². The molecule has 0 atom stereocenters. The molecule has 0 bridgehead atoms. The Balaban J connectivity index is 1.60. The molecule has 1 aliphatic heterocycles. The summed E-state index contributed by atoms with van der Waals surface area (Å²) in [5, 5.41) is 0. The molecule has 0 aromatic heterocycles. The number of carbonyl (C=O) groups is 1. The predicted octanol–water partition coefficient (Wildman–Crippen LogP) is 6.75. The molecular formula is C24H16Br2INO4. The second-order valence-corrected chi connectivity index (χ2v) is 9.70. The highest BCUT2D eigenvalue weighted by Crippen LogP contribution is 2.36. The van der Waals surface area contributed by atoms with E-state index in [0.29, 0.717) is 23.7 Å². The minimum absolute atomic E-state index is 0.219. The van der Waals surface area contributed by atoms with Gasteiger partial charge < -0.3 is 14.2 Å². The molecule has 0 radical (unpaired) electrons. The molecule has 0 saturated heterocycles. The third-order valence-corrected chi connectivity index (χ3v) is 6.54. The summed E-state index contributed by atoms with van der Waals surface area (Å²) in [5.41, 5.74) is 2.72. The molecule has 0 unspecified atom stereocenters. The average molecular weight is 669 g/mol. The molecule has 3 aromatic rings. The smallest absolute Gasteiger partial charge is 0.363 e. The van der Waals surface area contributed by atoms with Gasteiger partial charge in [0.05, 0.1) is 16.2 Å². The molecule has 8 heteroatoms. The summed E-state index contributed by atoms with van der Waals surface area (Å²) >= 11 is 9.12. The zero-order valence-corrected chi connectivity index (χ0v) is 22.1. The number of aliphatic imine (C=N–C) groups is 1. The van der Waals surface area contributed by atoms with Gasteiger partial charge in [0, 0.05) is 8.95 Å². The van der Waals surface area contributed by atoms with E-state index < -0.39 is 5.97 Å². The maximum atomic E-state index is 12.4. The molecule has 162 valence electrons. The molecular weight excluding hydrogens is 653 g/mol. The van der Waals surface area contributed by atoms with Crippen LogP contribution in [0.15, 0.2) is 80.3 Å². The van der Waals surface area contributed by atoms with E-state index in [0.717, 1.165) is 23.6 Å². The second-order valence-electron chi connectivity index (χ2n) is 6.77. The number of ether oxygens (including phenoxy) is 3. The number of rotatable bonds is 6. The lowest BCUT2D eigenvalue weighted by molar-refractivity contribution is -0.129. The summed E-state index contributed by atoms with van der Waals surface area (Å²) in [7, 11) is 1.58. The molecule has 0 spiro atoms. The first kappa shape index (κ1) is 23.0. The minimum atomic E-state index is -0.500. The fraction of sp³-hybridized carbons (Fsp3) is 0.0833. The summed E-state index contributed by atoms with van der Waals surface area (Å²) in [6.45, 7) is 0.401. The van der Waals surface area contributed by atoms with Crippen LogP contribution in [0.2, 0.25) is 0 Å². The van der Waals surface area contributed by atoms with Crippen molar-refractivity contribution in [3.8, 4) is 11.5 Å². The van der Waals surface area contributed by atoms with E-state index in [1.807, 2.05) is 60.7 Å². The van der Waals surface area contributed by atoms with Crippen LogP contribution in [0.1, 0.15) is 16.7 Å². The number of nitrogens with zero attached hydrogens (tertiary/aromatic N) is 1. The Labute approximate surface area is 215 Å². The van der Waals surface area contributed by atoms with Crippen molar-refractivity contribution in [2.24, 2.45) is 4.99 Å². The second kappa shape index (κ2) is 10.2. The van der Waals surface area contributed by atoms with Crippen LogP contribution in [0, 0.1) is 3.57 Å². The van der Waals surface area contributed by atoms with Crippen LogP contribution in [-0.4, -0.2) is 19.0 Å². The van der Waals surface area contributed by atoms with Gasteiger partial charge in [-0.2, -0.15) is 0 Å². The largest absolute Gasteiger partial charge is 0.493 e. The number of cyclic esters (lactones) is 1. The first-order valence-corrected chi connectivity index (χ1v) is 12.1. The zero-order valence-electron chi connectivity index (χ0n) is 16.8. The van der Waals surface area contributed by atoms with Gasteiger partial charge in [-0.1, -0.05) is 40.2 Å². The third kappa shape index (κ3) is 5.24. The molecule has 32 heavy (non-hydrogen) atoms. The summed E-state index contributed by atoms with van der Waals surface area (Å²) in [6.07, 6.45) is 1.68. The van der Waals surface area contributed by atoms with Gasteiger partial charge in [-0.3, -0.25) is 0 Å². The average Bonchev–Trinajstić information content (AvgIpc) is 3.13. The fourth-order valence-corrected chi connectivity index (χ4v) is 4.74. The van der Waals surface area contributed by atoms with Crippen LogP contribution in [0.25, 0.3) is 6.08 Å². The first-order valence-electron chi connectivity index (χ1n) is 9.47. The Morgan fingerprint density at radius 2 is 1.91 bits per heavy atom. The molecule has 4 rings (SSSR count). The third-order valence-electron chi connectivity index (χ3n) is 4.55. The summed E-state index contributed by atoms with van der Waals surface area (Å²) in [6, 6.07) is 19.1. The Kier molecular flexibility index (Phi) is 7.32. The van der Waals surface area contributed by atoms with Gasteiger partial charge in [0.2, 0.25) is 5.90 Å². The Morgan fingerprint density at radius 3 is 2.66 bits per heavy atom. The number of benzene rings is 3. The van der Waals surface area contributed by atoms with Gasteiger partial charge >= 0.3 is 5.97 Å². The molecule has 5 nitrogen and oxygen atoms in total. The first-order chi connectivity index (χ1) is 15.4. The monoisotopic (exact) mass is 667 g/mol. The van der Waals surface area contributed by atoms with E-state index in [1.165, 1.54) is 0 Å². The maximum Gasteiger partial charge on any atom is 0.363 e. The number of carbonyl (C=O) groups excluding carboxylic acids is 1. The zero-order chi connectivity index (χ0) is 22.7. The highest BCUT2D eigenvalue weighted by Gasteiger charge is 2.25. The molecule has 0 aliphatic carbocycles. The van der Waals surface area contributed by atoms with E-state index in [1.54, 1.807) is 13.2 Å². The molecule has 0 amide bonds. The Hall–Kier alpha value is -2.17. The van der Waals surface area contributed by atoms with Gasteiger partial charge in [0.25, 0.3) is 0 Å². The quantitative estimate of drug-likeness (QED) is 0.166. The number of esters is 1. The van der Waals surface area contributed by atoms with Crippen LogP contribution in [-0.2, 0) is 16.1 Å². The van der Waals surface area contributed by atoms with Crippen LogP contribution < -0.4 is 9.47 Å². The summed E-state index contributed by atoms with van der Waals surface area (Å²) in [4.78, 5) is 16.8. The lowest BCUT2D eigenvalue weighted by atomic mass is 10.1. The molecule has 0 fully saturated rings. The highest BCUT2D eigenvalue weighted by molar-refractivity contribution is 14.1. The van der Waals surface area contributed by atoms with Crippen LogP contribution in [0.3, 0.4) is 0 Å². The van der Waals surface area contributed by atoms with Crippen LogP contribution in [0.5, 0.6) is 11.5 Å². The van der Waals surface area contributed by atoms with Gasteiger partial charge in [0.15, 0.2) is 17.2 Å². The van der Waals surface area contributed by atoms with Gasteiger partial charge in [0.1, 0.15) is 6.61 Å². The SMILES string of the molecule is COc1cc(/C=C2\N=C(c3ccccc3Br)OC2=O)cc(I)c1OCc1cccc(Br)c1. The van der Waals surface area contributed by atoms with Crippen molar-refractivity contribution in [3.63, 3.8) is 0 Å². The van der Waals surface area contributed by atoms with Crippen molar-refractivity contribution in [2.45, 2.75) is 6.61 Å². The van der Waals surface area contributed by atoms with Gasteiger partial charge in [-0.25, -0.2) is 9.79 Å². The number of methoxy groups -OCH3 is 1. The van der Waals surface area contributed by atoms with Crippen LogP contribution in [0.4, 0.5) is 0 Å². The standard InChI is InChI=1S/C24H16Br2INO4/c1-30-21-12-15(10-19(27)22(21)31-13-14-5-4-6-16(25)9-14)11-20-24(29)32-23(28-20)17-7-2-3-8-18(17)26/h2-12H,13H2,1H3/b20-11-. The highest BCUT2D eigenvalue weighted by atomic mass is 127. The van der Waals surface area contributed by atoms with E-state index in [-0.39, 0.29) is 11.6 Å². The van der Waals surface area contributed by atoms with Crippen molar-refractivity contribution in [1.29, 1.82) is 0 Å². The minimum Gasteiger partial charge on any atom is -0.493 e. The molecule has 0 saturated carbocycles. The Morgan fingerprint density at radius 1 is 1.09 bits per heavy atom. The maximum absolute atomic E-state index is 12.4. The normalized spacial score (nSPS) is 14.3. The van der Waals surface area contributed by atoms with E-state index in [9.17, 15) is 4.79 Å². The lowest BCUT2D eigenvalue weighted by Crippen LogP contribution is -2.05. The fourth-order valence-electron chi connectivity index (χ4n) is 3.06. The number of hydrogen-bond donors (Lipinski definition) is 0. The van der Waals surface area contributed by atoms with E-state index >= 15 is 0 Å². The lowest BCUT2D eigenvalue weighted by Gasteiger charge is -2.14. The molecule has 0 N–H and O–H groups in total. The molecule has 1 heterocycles. The topological polar surface area (TPSA) is 57.1 Å². The van der Waals surface area contributed by atoms with Crippen molar-refractivity contribution >= 4 is 72.4 Å². The number of hydrogen-bond acceptors (Lipinski definition) is 5. The molecule has 3 aromatic carbocycles.